The van der Waals surface area contributed by atoms with Crippen LogP contribution in [0.2, 0.25) is 0 Å². The molecular weight excluding hydrogens is 336 g/mol. The third-order valence-electron chi connectivity index (χ3n) is 3.31. The lowest BCUT2D eigenvalue weighted by atomic mass is 10.1. The maximum absolute atomic E-state index is 13.4. The van der Waals surface area contributed by atoms with E-state index in [0.717, 1.165) is 11.8 Å². The van der Waals surface area contributed by atoms with Gasteiger partial charge in [0.15, 0.2) is 6.61 Å². The van der Waals surface area contributed by atoms with Crippen molar-refractivity contribution in [2.45, 2.75) is 49.8 Å². The third kappa shape index (κ3) is 4.25. The van der Waals surface area contributed by atoms with Crippen molar-refractivity contribution in [1.29, 1.82) is 0 Å². The molecule has 0 unspecified atom stereocenters. The van der Waals surface area contributed by atoms with Crippen LogP contribution < -0.4 is 5.73 Å². The van der Waals surface area contributed by atoms with E-state index in [1.54, 1.807) is 0 Å². The zero-order valence-corrected chi connectivity index (χ0v) is 14.5. The molecule has 0 radical (unpaired) electrons. The number of aromatic nitrogens is 2. The largest absolute Gasteiger partial charge is 0.442 e. The number of primary amides is 1. The number of carbonyl (C=O) groups is 1. The Hall–Kier alpha value is -2.09. The second kappa shape index (κ2) is 7.65. The van der Waals surface area contributed by atoms with E-state index in [1.165, 1.54) is 23.9 Å². The molecule has 130 valence electrons. The van der Waals surface area contributed by atoms with Gasteiger partial charge in [-0.2, -0.15) is 0 Å². The lowest BCUT2D eigenvalue weighted by Gasteiger charge is -2.13. The number of nitrogens with two attached hydrogens (primary N) is 1. The molecule has 1 aromatic heterocycles. The van der Waals surface area contributed by atoms with Crippen LogP contribution in [-0.4, -0.2) is 15.6 Å². The molecule has 5 nitrogen and oxygen atoms in total. The first kappa shape index (κ1) is 18.3. The summed E-state index contributed by atoms with van der Waals surface area (Å²) in [5, 5.41) is 0.625. The van der Waals surface area contributed by atoms with E-state index in [0.29, 0.717) is 22.3 Å². The van der Waals surface area contributed by atoms with Crippen LogP contribution in [0.3, 0.4) is 0 Å². The molecule has 0 spiro atoms. The Morgan fingerprint density at radius 2 is 1.96 bits per heavy atom. The molecule has 1 aromatic carbocycles. The van der Waals surface area contributed by atoms with Gasteiger partial charge in [0.2, 0.25) is 0 Å². The van der Waals surface area contributed by atoms with Crippen molar-refractivity contribution >= 4 is 17.9 Å². The van der Waals surface area contributed by atoms with Crippen molar-refractivity contribution in [2.75, 3.05) is 0 Å². The SMILES string of the molecule is CCn1c(COC(N)=O)nc(Sc2cc(F)cc(F)c2)c1C(C)C. The van der Waals surface area contributed by atoms with Crippen molar-refractivity contribution in [1.82, 2.24) is 9.55 Å². The van der Waals surface area contributed by atoms with Crippen LogP contribution in [0, 0.1) is 11.6 Å². The van der Waals surface area contributed by atoms with Crippen molar-refractivity contribution < 1.29 is 18.3 Å². The summed E-state index contributed by atoms with van der Waals surface area (Å²) in [4.78, 5) is 15.7. The van der Waals surface area contributed by atoms with Crippen LogP contribution in [-0.2, 0) is 17.9 Å². The van der Waals surface area contributed by atoms with E-state index in [9.17, 15) is 13.6 Å². The minimum Gasteiger partial charge on any atom is -0.442 e. The van der Waals surface area contributed by atoms with Gasteiger partial charge in [-0.3, -0.25) is 0 Å². The normalized spacial score (nSPS) is 11.1. The number of benzene rings is 1. The van der Waals surface area contributed by atoms with Crippen molar-refractivity contribution in [3.63, 3.8) is 0 Å². The van der Waals surface area contributed by atoms with E-state index in [1.807, 2.05) is 25.3 Å². The Balaban J connectivity index is 2.41. The molecular formula is C16H19F2N3O2S. The van der Waals surface area contributed by atoms with E-state index < -0.39 is 17.7 Å². The van der Waals surface area contributed by atoms with Gasteiger partial charge in [-0.25, -0.2) is 18.6 Å². The fourth-order valence-electron chi connectivity index (χ4n) is 2.42. The standard InChI is InChI=1S/C16H19F2N3O2S/c1-4-21-13(8-23-16(19)22)20-15(14(21)9(2)3)24-12-6-10(17)5-11(18)7-12/h5-7,9H,4,8H2,1-3H3,(H2,19,22). The van der Waals surface area contributed by atoms with Gasteiger partial charge in [0.25, 0.3) is 0 Å². The maximum Gasteiger partial charge on any atom is 0.404 e. The molecule has 8 heteroatoms. The summed E-state index contributed by atoms with van der Waals surface area (Å²) in [6, 6.07) is 3.33. The molecule has 0 aliphatic rings. The molecule has 0 saturated heterocycles. The number of halogens is 2. The van der Waals surface area contributed by atoms with Gasteiger partial charge in [-0.1, -0.05) is 25.6 Å². The highest BCUT2D eigenvalue weighted by Gasteiger charge is 2.20. The van der Waals surface area contributed by atoms with Crippen LogP contribution in [0.25, 0.3) is 0 Å². The summed E-state index contributed by atoms with van der Waals surface area (Å²) in [6.45, 7) is 6.50. The van der Waals surface area contributed by atoms with Gasteiger partial charge >= 0.3 is 6.09 Å². The summed E-state index contributed by atoms with van der Waals surface area (Å²) < 4.78 is 33.6. The smallest absolute Gasteiger partial charge is 0.404 e. The third-order valence-corrected chi connectivity index (χ3v) is 4.27. The monoisotopic (exact) mass is 355 g/mol. The Bertz CT molecular complexity index is 727. The van der Waals surface area contributed by atoms with E-state index >= 15 is 0 Å². The Morgan fingerprint density at radius 1 is 1.33 bits per heavy atom. The minimum atomic E-state index is -0.881. The second-order valence-corrected chi connectivity index (χ2v) is 6.49. The zero-order chi connectivity index (χ0) is 17.9. The fourth-order valence-corrected chi connectivity index (χ4v) is 3.59. The predicted octanol–water partition coefficient (Wildman–Crippen LogP) is 4.05. The Morgan fingerprint density at radius 3 is 2.46 bits per heavy atom. The summed E-state index contributed by atoms with van der Waals surface area (Å²) in [7, 11) is 0. The Kier molecular flexibility index (Phi) is 5.82. The molecule has 2 aromatic rings. The topological polar surface area (TPSA) is 70.1 Å². The highest BCUT2D eigenvalue weighted by molar-refractivity contribution is 7.99. The molecule has 0 bridgehead atoms. The number of carbonyl (C=O) groups excluding carboxylic acids is 1. The van der Waals surface area contributed by atoms with Crippen LogP contribution in [0.1, 0.15) is 38.2 Å². The average Bonchev–Trinajstić information content (AvgIpc) is 2.81. The number of rotatable bonds is 6. The molecule has 0 atom stereocenters. The van der Waals surface area contributed by atoms with E-state index in [4.69, 9.17) is 10.5 Å². The van der Waals surface area contributed by atoms with Gasteiger partial charge in [-0.05, 0) is 25.0 Å². The average molecular weight is 355 g/mol. The summed E-state index contributed by atoms with van der Waals surface area (Å²) in [6.07, 6.45) is -0.881. The summed E-state index contributed by atoms with van der Waals surface area (Å²) in [5.41, 5.74) is 5.92. The van der Waals surface area contributed by atoms with Crippen molar-refractivity contribution in [3.05, 3.63) is 41.4 Å². The lowest BCUT2D eigenvalue weighted by molar-refractivity contribution is 0.145. The number of amides is 1. The Labute approximate surface area is 143 Å². The number of imidazole rings is 1. The highest BCUT2D eigenvalue weighted by atomic mass is 32.2. The van der Waals surface area contributed by atoms with Crippen molar-refractivity contribution in [2.24, 2.45) is 5.73 Å². The summed E-state index contributed by atoms with van der Waals surface area (Å²) in [5.74, 6) is -0.619. The highest BCUT2D eigenvalue weighted by Crippen LogP contribution is 2.35. The zero-order valence-electron chi connectivity index (χ0n) is 13.7. The molecule has 0 saturated carbocycles. The van der Waals surface area contributed by atoms with Gasteiger partial charge < -0.3 is 15.0 Å². The first-order valence-electron chi connectivity index (χ1n) is 7.47. The molecule has 0 aliphatic heterocycles. The first-order chi connectivity index (χ1) is 11.3. The van der Waals surface area contributed by atoms with Crippen LogP contribution in [0.15, 0.2) is 28.1 Å². The quantitative estimate of drug-likeness (QED) is 0.849. The van der Waals surface area contributed by atoms with Crippen LogP contribution in [0.5, 0.6) is 0 Å². The molecule has 2 N–H and O–H groups in total. The second-order valence-electron chi connectivity index (χ2n) is 5.43. The van der Waals surface area contributed by atoms with Crippen molar-refractivity contribution in [3.8, 4) is 0 Å². The number of hydrogen-bond donors (Lipinski definition) is 1. The van der Waals surface area contributed by atoms with Gasteiger partial charge in [0.1, 0.15) is 22.5 Å². The van der Waals surface area contributed by atoms with Crippen LogP contribution >= 0.6 is 11.8 Å². The maximum atomic E-state index is 13.4. The van der Waals surface area contributed by atoms with E-state index in [-0.39, 0.29) is 12.5 Å². The molecule has 1 amide bonds. The summed E-state index contributed by atoms with van der Waals surface area (Å²) >= 11 is 1.17. The molecule has 0 fully saturated rings. The van der Waals surface area contributed by atoms with Gasteiger partial charge in [-0.15, -0.1) is 0 Å². The minimum absolute atomic E-state index is 0.0546. The van der Waals surface area contributed by atoms with Gasteiger partial charge in [0, 0.05) is 17.5 Å². The number of ether oxygens (including phenoxy) is 1. The number of hydrogen-bond acceptors (Lipinski definition) is 4. The molecule has 24 heavy (non-hydrogen) atoms. The van der Waals surface area contributed by atoms with Gasteiger partial charge in [0.05, 0.1) is 5.69 Å². The molecule has 0 aliphatic carbocycles. The number of nitrogens with zero attached hydrogens (tertiary/aromatic N) is 2. The fraction of sp³-hybridized carbons (Fsp3) is 0.375. The molecule has 1 heterocycles. The first-order valence-corrected chi connectivity index (χ1v) is 8.29. The molecule has 2 rings (SSSR count). The lowest BCUT2D eigenvalue weighted by Crippen LogP contribution is -2.15. The predicted molar refractivity (Wildman–Crippen MR) is 86.8 cm³/mol. The van der Waals surface area contributed by atoms with Crippen LogP contribution in [0.4, 0.5) is 13.6 Å². The van der Waals surface area contributed by atoms with E-state index in [2.05, 4.69) is 4.98 Å².